The molecule has 0 aliphatic carbocycles. The standard InChI is InChI=1S/C17H17N7/c1-22(12-16-20-13-6-3-4-7-14(13)23(16)2)17-18-10-8-15(21-17)24-11-5-9-19-24/h3-11H,12H2,1-2H3. The lowest BCUT2D eigenvalue weighted by molar-refractivity contribution is 0.751. The topological polar surface area (TPSA) is 64.7 Å². The molecule has 0 N–H and O–H groups in total. The maximum absolute atomic E-state index is 4.70. The molecule has 0 unspecified atom stereocenters. The van der Waals surface area contributed by atoms with Gasteiger partial charge in [-0.15, -0.1) is 0 Å². The zero-order valence-electron chi connectivity index (χ0n) is 13.5. The van der Waals surface area contributed by atoms with Gasteiger partial charge < -0.3 is 9.47 Å². The highest BCUT2D eigenvalue weighted by Gasteiger charge is 2.12. The Bertz CT molecular complexity index is 972. The molecule has 4 rings (SSSR count). The summed E-state index contributed by atoms with van der Waals surface area (Å²) in [6.07, 6.45) is 5.33. The third kappa shape index (κ3) is 2.50. The number of anilines is 1. The first-order chi connectivity index (χ1) is 11.7. The molecule has 7 heteroatoms. The van der Waals surface area contributed by atoms with Crippen LogP contribution in [0.3, 0.4) is 0 Å². The third-order valence-electron chi connectivity index (χ3n) is 3.97. The summed E-state index contributed by atoms with van der Waals surface area (Å²) in [6.45, 7) is 0.619. The van der Waals surface area contributed by atoms with Gasteiger partial charge in [0.05, 0.1) is 17.6 Å². The number of para-hydroxylation sites is 2. The molecule has 0 bridgehead atoms. The molecular weight excluding hydrogens is 302 g/mol. The van der Waals surface area contributed by atoms with Gasteiger partial charge in [0, 0.05) is 38.8 Å². The van der Waals surface area contributed by atoms with Crippen LogP contribution in [0.2, 0.25) is 0 Å². The average molecular weight is 319 g/mol. The number of rotatable bonds is 4. The zero-order chi connectivity index (χ0) is 16.5. The summed E-state index contributed by atoms with van der Waals surface area (Å²) in [5, 5.41) is 4.21. The predicted molar refractivity (Wildman–Crippen MR) is 92.0 cm³/mol. The van der Waals surface area contributed by atoms with E-state index in [1.54, 1.807) is 17.1 Å². The molecule has 0 fully saturated rings. The monoisotopic (exact) mass is 319 g/mol. The molecule has 120 valence electrons. The van der Waals surface area contributed by atoms with Crippen molar-refractivity contribution in [3.8, 4) is 5.82 Å². The van der Waals surface area contributed by atoms with Crippen LogP contribution in [0.4, 0.5) is 5.95 Å². The van der Waals surface area contributed by atoms with E-state index in [4.69, 9.17) is 4.98 Å². The maximum atomic E-state index is 4.70. The zero-order valence-corrected chi connectivity index (χ0v) is 13.5. The Morgan fingerprint density at radius 2 is 1.92 bits per heavy atom. The second kappa shape index (κ2) is 5.77. The molecule has 24 heavy (non-hydrogen) atoms. The van der Waals surface area contributed by atoms with Crippen LogP contribution in [0.5, 0.6) is 0 Å². The Labute approximate surface area is 139 Å². The summed E-state index contributed by atoms with van der Waals surface area (Å²) in [7, 11) is 3.99. The second-order valence-corrected chi connectivity index (χ2v) is 5.60. The van der Waals surface area contributed by atoms with Crippen molar-refractivity contribution in [2.45, 2.75) is 6.54 Å². The van der Waals surface area contributed by atoms with Crippen LogP contribution in [-0.2, 0) is 13.6 Å². The lowest BCUT2D eigenvalue weighted by Crippen LogP contribution is -2.21. The lowest BCUT2D eigenvalue weighted by atomic mass is 10.3. The van der Waals surface area contributed by atoms with Crippen LogP contribution in [0.1, 0.15) is 5.82 Å². The van der Waals surface area contributed by atoms with Crippen LogP contribution in [0, 0.1) is 0 Å². The van der Waals surface area contributed by atoms with Gasteiger partial charge in [-0.25, -0.2) is 14.6 Å². The molecule has 0 amide bonds. The van der Waals surface area contributed by atoms with Crippen LogP contribution in [-0.4, -0.2) is 36.3 Å². The largest absolute Gasteiger partial charge is 0.336 e. The molecule has 0 radical (unpaired) electrons. The first-order valence-electron chi connectivity index (χ1n) is 7.67. The minimum absolute atomic E-state index is 0.619. The fraction of sp³-hybridized carbons (Fsp3) is 0.176. The molecule has 0 aliphatic heterocycles. The fourth-order valence-corrected chi connectivity index (χ4v) is 2.67. The summed E-state index contributed by atoms with van der Waals surface area (Å²) in [5.74, 6) is 2.34. The van der Waals surface area contributed by atoms with Crippen molar-refractivity contribution < 1.29 is 0 Å². The van der Waals surface area contributed by atoms with Crippen LogP contribution < -0.4 is 4.90 Å². The predicted octanol–water partition coefficient (Wildman–Crippen LogP) is 2.19. The van der Waals surface area contributed by atoms with Gasteiger partial charge in [-0.1, -0.05) is 12.1 Å². The van der Waals surface area contributed by atoms with Gasteiger partial charge in [0.25, 0.3) is 0 Å². The Hall–Kier alpha value is -3.22. The van der Waals surface area contributed by atoms with E-state index in [0.717, 1.165) is 22.7 Å². The molecular formula is C17H17N7. The Morgan fingerprint density at radius 3 is 2.71 bits per heavy atom. The normalized spacial score (nSPS) is 11.1. The molecule has 0 saturated carbocycles. The summed E-state index contributed by atoms with van der Waals surface area (Å²) >= 11 is 0. The van der Waals surface area contributed by atoms with Crippen molar-refractivity contribution in [2.75, 3.05) is 11.9 Å². The first kappa shape index (κ1) is 14.4. The van der Waals surface area contributed by atoms with Gasteiger partial charge in [-0.3, -0.25) is 0 Å². The maximum Gasteiger partial charge on any atom is 0.227 e. The fourth-order valence-electron chi connectivity index (χ4n) is 2.67. The van der Waals surface area contributed by atoms with Crippen LogP contribution in [0.15, 0.2) is 55.0 Å². The van der Waals surface area contributed by atoms with Gasteiger partial charge in [0.15, 0.2) is 5.82 Å². The summed E-state index contributed by atoms with van der Waals surface area (Å²) in [4.78, 5) is 15.6. The molecule has 0 spiro atoms. The van der Waals surface area contributed by atoms with E-state index in [1.165, 1.54) is 0 Å². The number of fused-ring (bicyclic) bond motifs is 1. The minimum Gasteiger partial charge on any atom is -0.336 e. The van der Waals surface area contributed by atoms with Crippen molar-refractivity contribution in [1.29, 1.82) is 0 Å². The van der Waals surface area contributed by atoms with Crippen molar-refractivity contribution in [2.24, 2.45) is 7.05 Å². The molecule has 0 saturated heterocycles. The van der Waals surface area contributed by atoms with Gasteiger partial charge >= 0.3 is 0 Å². The minimum atomic E-state index is 0.619. The molecule has 3 aromatic heterocycles. The van der Waals surface area contributed by atoms with Crippen molar-refractivity contribution in [3.05, 3.63) is 60.8 Å². The Kier molecular flexibility index (Phi) is 3.45. The molecule has 1 aromatic carbocycles. The molecule has 0 atom stereocenters. The van der Waals surface area contributed by atoms with E-state index >= 15 is 0 Å². The van der Waals surface area contributed by atoms with E-state index in [9.17, 15) is 0 Å². The lowest BCUT2D eigenvalue weighted by Gasteiger charge is -2.17. The van der Waals surface area contributed by atoms with Gasteiger partial charge in [-0.05, 0) is 18.2 Å². The molecule has 7 nitrogen and oxygen atoms in total. The number of aryl methyl sites for hydroxylation is 1. The second-order valence-electron chi connectivity index (χ2n) is 5.60. The highest BCUT2D eigenvalue weighted by atomic mass is 15.3. The van der Waals surface area contributed by atoms with E-state index < -0.39 is 0 Å². The quantitative estimate of drug-likeness (QED) is 0.577. The van der Waals surface area contributed by atoms with E-state index in [1.807, 2.05) is 55.5 Å². The number of benzene rings is 1. The smallest absolute Gasteiger partial charge is 0.227 e. The molecule has 3 heterocycles. The summed E-state index contributed by atoms with van der Waals surface area (Å²) < 4.78 is 3.82. The number of hydrogen-bond acceptors (Lipinski definition) is 5. The van der Waals surface area contributed by atoms with E-state index in [0.29, 0.717) is 12.5 Å². The Morgan fingerprint density at radius 1 is 1.04 bits per heavy atom. The van der Waals surface area contributed by atoms with Crippen molar-refractivity contribution >= 4 is 17.0 Å². The first-order valence-corrected chi connectivity index (χ1v) is 7.67. The van der Waals surface area contributed by atoms with E-state index in [2.05, 4.69) is 25.7 Å². The van der Waals surface area contributed by atoms with Crippen molar-refractivity contribution in [3.63, 3.8) is 0 Å². The van der Waals surface area contributed by atoms with Crippen molar-refractivity contribution in [1.82, 2.24) is 29.3 Å². The number of aromatic nitrogens is 6. The highest BCUT2D eigenvalue weighted by molar-refractivity contribution is 5.75. The van der Waals surface area contributed by atoms with Crippen LogP contribution >= 0.6 is 0 Å². The molecule has 0 aliphatic rings. The average Bonchev–Trinajstić information content (AvgIpc) is 3.25. The Balaban J connectivity index is 1.63. The number of nitrogens with zero attached hydrogens (tertiary/aromatic N) is 7. The van der Waals surface area contributed by atoms with Gasteiger partial charge in [0.1, 0.15) is 5.82 Å². The highest BCUT2D eigenvalue weighted by Crippen LogP contribution is 2.17. The molecule has 4 aromatic rings. The summed E-state index contributed by atoms with van der Waals surface area (Å²) in [5.41, 5.74) is 2.11. The summed E-state index contributed by atoms with van der Waals surface area (Å²) in [6, 6.07) is 11.8. The van der Waals surface area contributed by atoms with Gasteiger partial charge in [0.2, 0.25) is 5.95 Å². The number of hydrogen-bond donors (Lipinski definition) is 0. The SMILES string of the molecule is CN(Cc1nc2ccccc2n1C)c1nccc(-n2cccn2)n1. The third-order valence-corrected chi connectivity index (χ3v) is 3.97. The van der Waals surface area contributed by atoms with Crippen LogP contribution in [0.25, 0.3) is 16.9 Å². The number of imidazole rings is 1. The van der Waals surface area contributed by atoms with Gasteiger partial charge in [-0.2, -0.15) is 10.1 Å². The van der Waals surface area contributed by atoms with E-state index in [-0.39, 0.29) is 0 Å².